The summed E-state index contributed by atoms with van der Waals surface area (Å²) in [6.45, 7) is 0. The van der Waals surface area contributed by atoms with Crippen LogP contribution < -0.4 is 0 Å². The summed E-state index contributed by atoms with van der Waals surface area (Å²) in [5, 5.41) is 0. The van der Waals surface area contributed by atoms with Gasteiger partial charge in [-0.25, -0.2) is 0 Å². The second-order valence-electron chi connectivity index (χ2n) is 11.8. The molecule has 0 saturated carbocycles. The zero-order valence-electron chi connectivity index (χ0n) is 26.4. The molecule has 0 aliphatic carbocycles. The van der Waals surface area contributed by atoms with Crippen molar-refractivity contribution >= 4 is 11.4 Å². The maximum atomic E-state index is 4.99. The van der Waals surface area contributed by atoms with Crippen LogP contribution in [0.3, 0.4) is 0 Å². The molecule has 46 heavy (non-hydrogen) atoms. The van der Waals surface area contributed by atoms with Gasteiger partial charge in [-0.15, -0.1) is 0 Å². The van der Waals surface area contributed by atoms with Crippen LogP contribution in [0.5, 0.6) is 0 Å². The Hall–Kier alpha value is -5.48. The molecule has 0 N–H and O–H groups in total. The van der Waals surface area contributed by atoms with E-state index in [1.54, 1.807) is 0 Å². The molecule has 0 radical (unpaired) electrons. The first-order valence-corrected chi connectivity index (χ1v) is 16.0. The average molecular weight is 599 g/mol. The van der Waals surface area contributed by atoms with Gasteiger partial charge < -0.3 is 9.13 Å². The lowest BCUT2D eigenvalue weighted by Crippen LogP contribution is -2.05. The van der Waals surface area contributed by atoms with Crippen LogP contribution in [0.2, 0.25) is 0 Å². The summed E-state index contributed by atoms with van der Waals surface area (Å²) in [7, 11) is 4.24. The minimum Gasteiger partial charge on any atom is -0.343 e. The third-order valence-electron chi connectivity index (χ3n) is 8.95. The summed E-state index contributed by atoms with van der Waals surface area (Å²) in [5.74, 6) is 0. The molecule has 0 amide bonds. The lowest BCUT2D eigenvalue weighted by Gasteiger charge is -2.08. The van der Waals surface area contributed by atoms with Gasteiger partial charge in [0.15, 0.2) is 0 Å². The smallest absolute Gasteiger partial charge is 0.0942 e. The highest BCUT2D eigenvalue weighted by Gasteiger charge is 2.22. The van der Waals surface area contributed by atoms with Crippen LogP contribution in [0.4, 0.5) is 0 Å². The van der Waals surface area contributed by atoms with Crippen LogP contribution >= 0.6 is 0 Å². The van der Waals surface area contributed by atoms with Crippen LogP contribution in [-0.4, -0.2) is 20.6 Å². The van der Waals surface area contributed by atoms with E-state index in [-0.39, 0.29) is 6.04 Å². The van der Waals surface area contributed by atoms with Gasteiger partial charge in [0.25, 0.3) is 0 Å². The highest BCUT2D eigenvalue weighted by Crippen LogP contribution is 2.32. The van der Waals surface area contributed by atoms with Crippen molar-refractivity contribution in [2.24, 2.45) is 24.1 Å². The quantitative estimate of drug-likeness (QED) is 0.183. The van der Waals surface area contributed by atoms with E-state index in [1.165, 1.54) is 45.0 Å². The number of benzene rings is 4. The van der Waals surface area contributed by atoms with E-state index in [4.69, 9.17) is 9.98 Å². The fourth-order valence-corrected chi connectivity index (χ4v) is 6.47. The normalized spacial score (nSPS) is 16.9. The number of rotatable bonds is 6. The summed E-state index contributed by atoms with van der Waals surface area (Å²) in [5.41, 5.74) is 12.1. The monoisotopic (exact) mass is 598 g/mol. The molecule has 4 aromatic carbocycles. The molecule has 4 heteroatoms. The Labute approximate surface area is 271 Å². The molecule has 2 aromatic heterocycles. The lowest BCUT2D eigenvalue weighted by molar-refractivity contribution is 0.723. The van der Waals surface area contributed by atoms with Crippen molar-refractivity contribution in [3.63, 3.8) is 0 Å². The van der Waals surface area contributed by atoms with Gasteiger partial charge in [-0.1, -0.05) is 127 Å². The minimum absolute atomic E-state index is 0.126. The number of allylic oxidation sites excluding steroid dienone is 1. The third-order valence-corrected chi connectivity index (χ3v) is 8.95. The number of aromatic nitrogens is 2. The molecule has 0 spiro atoms. The van der Waals surface area contributed by atoms with Gasteiger partial charge in [0, 0.05) is 25.5 Å². The van der Waals surface area contributed by atoms with E-state index in [2.05, 4.69) is 169 Å². The third kappa shape index (κ3) is 6.07. The molecule has 4 nitrogen and oxygen atoms in total. The first-order chi connectivity index (χ1) is 22.7. The molecule has 2 aliphatic rings. The van der Waals surface area contributed by atoms with E-state index >= 15 is 0 Å². The summed E-state index contributed by atoms with van der Waals surface area (Å²) in [4.78, 5) is 9.87. The number of hydrogen-bond acceptors (Lipinski definition) is 2. The van der Waals surface area contributed by atoms with Crippen molar-refractivity contribution < 1.29 is 0 Å². The highest BCUT2D eigenvalue weighted by molar-refractivity contribution is 6.09. The van der Waals surface area contributed by atoms with Crippen molar-refractivity contribution in [2.75, 3.05) is 0 Å². The van der Waals surface area contributed by atoms with Crippen molar-refractivity contribution in [3.8, 4) is 22.5 Å². The number of nitrogens with zero attached hydrogens (tertiary/aromatic N) is 4. The Morgan fingerprint density at radius 3 is 1.57 bits per heavy atom. The van der Waals surface area contributed by atoms with Gasteiger partial charge in [-0.05, 0) is 65.4 Å². The van der Waals surface area contributed by atoms with E-state index in [0.29, 0.717) is 6.04 Å². The van der Waals surface area contributed by atoms with Crippen molar-refractivity contribution in [2.45, 2.75) is 24.9 Å². The largest absolute Gasteiger partial charge is 0.343 e. The van der Waals surface area contributed by atoms with Gasteiger partial charge in [0.05, 0.1) is 34.9 Å². The van der Waals surface area contributed by atoms with Crippen LogP contribution in [0.15, 0.2) is 168 Å². The molecule has 0 fully saturated rings. The summed E-state index contributed by atoms with van der Waals surface area (Å²) in [6, 6.07) is 51.2. The SMILES string of the molecule is Cn1c(C2=NC(c3ccccc3)C=C2)ccc1-c1ccccc1.Cn1c(C2=NC(c3ccccc3)CC2)ccc1-c1ccccc1. The Morgan fingerprint density at radius 1 is 0.500 bits per heavy atom. The van der Waals surface area contributed by atoms with Crippen molar-refractivity contribution in [1.82, 2.24) is 9.13 Å². The second-order valence-corrected chi connectivity index (χ2v) is 11.8. The van der Waals surface area contributed by atoms with E-state index in [1.807, 2.05) is 12.1 Å². The summed E-state index contributed by atoms with van der Waals surface area (Å²) >= 11 is 0. The van der Waals surface area contributed by atoms with Gasteiger partial charge in [0.2, 0.25) is 0 Å². The van der Waals surface area contributed by atoms with E-state index in [9.17, 15) is 0 Å². The predicted octanol–water partition coefficient (Wildman–Crippen LogP) is 9.81. The predicted molar refractivity (Wildman–Crippen MR) is 192 cm³/mol. The zero-order valence-corrected chi connectivity index (χ0v) is 26.4. The molecule has 6 aromatic rings. The standard InChI is InChI=1S/C21H20N2.C21H18N2/c2*1-23-20(17-10-6-3-7-11-17)14-15-21(23)19-13-12-18(22-19)16-8-4-2-5-9-16/h2-11,14-15,18H,12-13H2,1H3;2-15,18H,1H3. The van der Waals surface area contributed by atoms with E-state index < -0.39 is 0 Å². The molecule has 2 aliphatic heterocycles. The Kier molecular flexibility index (Phi) is 8.42. The molecule has 4 heterocycles. The summed E-state index contributed by atoms with van der Waals surface area (Å²) in [6.07, 6.45) is 6.44. The Morgan fingerprint density at radius 2 is 0.978 bits per heavy atom. The van der Waals surface area contributed by atoms with Gasteiger partial charge in [-0.2, -0.15) is 0 Å². The average Bonchev–Trinajstić information content (AvgIpc) is 3.94. The highest BCUT2D eigenvalue weighted by atomic mass is 15.0. The maximum Gasteiger partial charge on any atom is 0.0942 e. The van der Waals surface area contributed by atoms with Crippen LogP contribution in [0.1, 0.15) is 47.4 Å². The fraction of sp³-hybridized carbons (Fsp3) is 0.143. The molecule has 226 valence electrons. The number of aliphatic imine (C=N–C) groups is 2. The second kappa shape index (κ2) is 13.3. The molecular weight excluding hydrogens is 560 g/mol. The molecule has 2 unspecified atom stereocenters. The Bertz CT molecular complexity index is 2000. The van der Waals surface area contributed by atoms with Crippen LogP contribution in [0.25, 0.3) is 22.5 Å². The Balaban J connectivity index is 0.000000147. The number of hydrogen-bond donors (Lipinski definition) is 0. The van der Waals surface area contributed by atoms with Crippen molar-refractivity contribution in [1.29, 1.82) is 0 Å². The molecule has 0 saturated heterocycles. The maximum absolute atomic E-state index is 4.99. The van der Waals surface area contributed by atoms with Crippen LogP contribution in [0, 0.1) is 0 Å². The molecule has 0 bridgehead atoms. The van der Waals surface area contributed by atoms with Crippen molar-refractivity contribution in [3.05, 3.63) is 180 Å². The molecule has 2 atom stereocenters. The van der Waals surface area contributed by atoms with Gasteiger partial charge >= 0.3 is 0 Å². The van der Waals surface area contributed by atoms with Gasteiger partial charge in [-0.3, -0.25) is 9.98 Å². The lowest BCUT2D eigenvalue weighted by atomic mass is 10.0. The first-order valence-electron chi connectivity index (χ1n) is 16.0. The van der Waals surface area contributed by atoms with Crippen LogP contribution in [-0.2, 0) is 14.1 Å². The molecular formula is C42H38N4. The van der Waals surface area contributed by atoms with Gasteiger partial charge in [0.1, 0.15) is 0 Å². The molecule has 8 rings (SSSR count). The van der Waals surface area contributed by atoms with E-state index in [0.717, 1.165) is 24.2 Å². The topological polar surface area (TPSA) is 34.6 Å². The summed E-state index contributed by atoms with van der Waals surface area (Å²) < 4.78 is 4.48. The first kappa shape index (κ1) is 29.2. The minimum atomic E-state index is 0.126. The zero-order chi connectivity index (χ0) is 31.3. The fourth-order valence-electron chi connectivity index (χ4n) is 6.47.